The van der Waals surface area contributed by atoms with Crippen LogP contribution < -0.4 is 16.2 Å². The molecule has 3 heterocycles. The number of aromatic nitrogens is 4. The van der Waals surface area contributed by atoms with E-state index < -0.39 is 6.04 Å². The van der Waals surface area contributed by atoms with Crippen molar-refractivity contribution in [3.63, 3.8) is 0 Å². The van der Waals surface area contributed by atoms with Crippen LogP contribution in [0.5, 0.6) is 0 Å². The number of carbonyl (C=O) groups is 2. The molecule has 0 aliphatic heterocycles. The van der Waals surface area contributed by atoms with Gasteiger partial charge in [-0.15, -0.1) is 0 Å². The summed E-state index contributed by atoms with van der Waals surface area (Å²) in [6.45, 7) is 4.10. The summed E-state index contributed by atoms with van der Waals surface area (Å²) < 4.78 is 3.08. The zero-order valence-corrected chi connectivity index (χ0v) is 20.6. The number of aryl methyl sites for hydroxylation is 1. The van der Waals surface area contributed by atoms with Crippen LogP contribution in [0.1, 0.15) is 48.8 Å². The van der Waals surface area contributed by atoms with Crippen LogP contribution in [0, 0.1) is 18.8 Å². The molecule has 4 rings (SSSR count). The third kappa shape index (κ3) is 5.34. The topological polar surface area (TPSA) is 111 Å². The molecule has 1 aliphatic rings. The summed E-state index contributed by atoms with van der Waals surface area (Å²) >= 11 is 0. The number of pyridine rings is 2. The predicted octanol–water partition coefficient (Wildman–Crippen LogP) is 3.05. The van der Waals surface area contributed by atoms with Crippen LogP contribution in [0.3, 0.4) is 0 Å². The van der Waals surface area contributed by atoms with Crippen LogP contribution in [0.15, 0.2) is 47.5 Å². The normalized spacial score (nSPS) is 18.6. The van der Waals surface area contributed by atoms with Gasteiger partial charge in [-0.2, -0.15) is 5.10 Å². The first-order valence-corrected chi connectivity index (χ1v) is 12.0. The SMILES string of the molecule is Cc1c(-c2ccc(NC(=O)[C@@H](NC(=O)c3ccnn3C)[C@H]3CC[C@H](C)CC3)nc2)ccc(=O)n1C. The monoisotopic (exact) mass is 476 g/mol. The van der Waals surface area contributed by atoms with Crippen molar-refractivity contribution >= 4 is 17.6 Å². The quantitative estimate of drug-likeness (QED) is 0.568. The Morgan fingerprint density at radius 1 is 1.06 bits per heavy atom. The molecule has 184 valence electrons. The van der Waals surface area contributed by atoms with E-state index in [1.807, 2.05) is 13.0 Å². The summed E-state index contributed by atoms with van der Waals surface area (Å²) in [6, 6.07) is 7.87. The first kappa shape index (κ1) is 24.4. The van der Waals surface area contributed by atoms with E-state index >= 15 is 0 Å². The number of hydrogen-bond donors (Lipinski definition) is 2. The highest BCUT2D eigenvalue weighted by atomic mass is 16.2. The van der Waals surface area contributed by atoms with Gasteiger partial charge in [0.05, 0.1) is 0 Å². The molecule has 0 saturated heterocycles. The zero-order chi connectivity index (χ0) is 25.1. The summed E-state index contributed by atoms with van der Waals surface area (Å²) in [4.78, 5) is 42.5. The Morgan fingerprint density at radius 3 is 2.43 bits per heavy atom. The first-order chi connectivity index (χ1) is 16.7. The van der Waals surface area contributed by atoms with Gasteiger partial charge in [0.2, 0.25) is 11.5 Å². The van der Waals surface area contributed by atoms with Crippen molar-refractivity contribution < 1.29 is 9.59 Å². The van der Waals surface area contributed by atoms with Gasteiger partial charge in [0, 0.05) is 49.4 Å². The maximum atomic E-state index is 13.3. The highest BCUT2D eigenvalue weighted by Crippen LogP contribution is 2.31. The van der Waals surface area contributed by atoms with Gasteiger partial charge in [-0.3, -0.25) is 19.1 Å². The van der Waals surface area contributed by atoms with Gasteiger partial charge in [0.1, 0.15) is 17.6 Å². The Morgan fingerprint density at radius 2 is 1.80 bits per heavy atom. The number of hydrogen-bond acceptors (Lipinski definition) is 5. The van der Waals surface area contributed by atoms with E-state index in [9.17, 15) is 14.4 Å². The third-order valence-corrected chi connectivity index (χ3v) is 7.10. The molecular formula is C26H32N6O3. The molecule has 2 N–H and O–H groups in total. The summed E-state index contributed by atoms with van der Waals surface area (Å²) in [7, 11) is 3.43. The van der Waals surface area contributed by atoms with Crippen LogP contribution in [0.25, 0.3) is 11.1 Å². The van der Waals surface area contributed by atoms with Crippen molar-refractivity contribution in [2.45, 2.75) is 45.6 Å². The van der Waals surface area contributed by atoms with Crippen LogP contribution >= 0.6 is 0 Å². The number of nitrogens with one attached hydrogen (secondary N) is 2. The fourth-order valence-electron chi connectivity index (χ4n) is 4.70. The van der Waals surface area contributed by atoms with Crippen LogP contribution in [0.4, 0.5) is 5.82 Å². The van der Waals surface area contributed by atoms with E-state index in [2.05, 4.69) is 27.6 Å². The second kappa shape index (κ2) is 10.2. The van der Waals surface area contributed by atoms with Crippen molar-refractivity contribution in [3.8, 4) is 11.1 Å². The van der Waals surface area contributed by atoms with Gasteiger partial charge in [-0.1, -0.05) is 19.8 Å². The van der Waals surface area contributed by atoms with Gasteiger partial charge < -0.3 is 15.2 Å². The maximum Gasteiger partial charge on any atom is 0.270 e. The zero-order valence-electron chi connectivity index (χ0n) is 20.6. The second-order valence-corrected chi connectivity index (χ2v) is 9.46. The average Bonchev–Trinajstić information content (AvgIpc) is 3.28. The number of amides is 2. The van der Waals surface area contributed by atoms with E-state index in [1.54, 1.807) is 49.3 Å². The minimum absolute atomic E-state index is 0.0518. The van der Waals surface area contributed by atoms with Gasteiger partial charge in [0.25, 0.3) is 5.91 Å². The summed E-state index contributed by atoms with van der Waals surface area (Å²) in [5, 5.41) is 9.89. The summed E-state index contributed by atoms with van der Waals surface area (Å²) in [6.07, 6.45) is 7.05. The average molecular weight is 477 g/mol. The number of nitrogens with zero attached hydrogens (tertiary/aromatic N) is 4. The van der Waals surface area contributed by atoms with E-state index in [4.69, 9.17) is 0 Å². The molecule has 9 nitrogen and oxygen atoms in total. The highest BCUT2D eigenvalue weighted by molar-refractivity contribution is 6.00. The molecule has 9 heteroatoms. The van der Waals surface area contributed by atoms with Crippen molar-refractivity contribution in [1.29, 1.82) is 0 Å². The van der Waals surface area contributed by atoms with Crippen LogP contribution in [-0.4, -0.2) is 37.2 Å². The minimum atomic E-state index is -0.669. The van der Waals surface area contributed by atoms with Crippen molar-refractivity contribution in [2.75, 3.05) is 5.32 Å². The maximum absolute atomic E-state index is 13.3. The largest absolute Gasteiger partial charge is 0.339 e. The van der Waals surface area contributed by atoms with E-state index in [-0.39, 0.29) is 23.3 Å². The number of carbonyl (C=O) groups excluding carboxylic acids is 2. The highest BCUT2D eigenvalue weighted by Gasteiger charge is 2.33. The molecule has 0 unspecified atom stereocenters. The summed E-state index contributed by atoms with van der Waals surface area (Å²) in [5.41, 5.74) is 2.91. The number of rotatable bonds is 6. The van der Waals surface area contributed by atoms with Crippen LogP contribution in [-0.2, 0) is 18.9 Å². The molecule has 3 aromatic rings. The summed E-state index contributed by atoms with van der Waals surface area (Å²) in [5.74, 6) is 0.481. The molecule has 1 saturated carbocycles. The Labute approximate surface area is 204 Å². The van der Waals surface area contributed by atoms with E-state index in [0.717, 1.165) is 42.5 Å². The molecule has 0 spiro atoms. The first-order valence-electron chi connectivity index (χ1n) is 12.0. The minimum Gasteiger partial charge on any atom is -0.339 e. The van der Waals surface area contributed by atoms with Crippen molar-refractivity contribution in [1.82, 2.24) is 24.6 Å². The molecule has 3 aromatic heterocycles. The molecule has 2 amide bonds. The van der Waals surface area contributed by atoms with Crippen molar-refractivity contribution in [3.05, 3.63) is 64.5 Å². The number of anilines is 1. The lowest BCUT2D eigenvalue weighted by Gasteiger charge is -2.32. The van der Waals surface area contributed by atoms with E-state index in [1.165, 1.54) is 10.7 Å². The molecule has 0 aromatic carbocycles. The molecule has 35 heavy (non-hydrogen) atoms. The smallest absolute Gasteiger partial charge is 0.270 e. The molecular weight excluding hydrogens is 444 g/mol. The molecule has 0 bridgehead atoms. The lowest BCUT2D eigenvalue weighted by Crippen LogP contribution is -2.49. The van der Waals surface area contributed by atoms with Gasteiger partial charge >= 0.3 is 0 Å². The lowest BCUT2D eigenvalue weighted by atomic mass is 9.79. The molecule has 0 radical (unpaired) electrons. The lowest BCUT2D eigenvalue weighted by molar-refractivity contribution is -0.119. The van der Waals surface area contributed by atoms with Gasteiger partial charge in [-0.25, -0.2) is 4.98 Å². The van der Waals surface area contributed by atoms with Crippen molar-refractivity contribution in [2.24, 2.45) is 25.9 Å². The fraction of sp³-hybridized carbons (Fsp3) is 0.423. The molecule has 1 fully saturated rings. The molecule has 1 aliphatic carbocycles. The predicted molar refractivity (Wildman–Crippen MR) is 134 cm³/mol. The van der Waals surface area contributed by atoms with Crippen LogP contribution in [0.2, 0.25) is 0 Å². The Kier molecular flexibility index (Phi) is 7.14. The Balaban J connectivity index is 1.52. The third-order valence-electron chi connectivity index (χ3n) is 7.10. The fourth-order valence-corrected chi connectivity index (χ4v) is 4.70. The Bertz CT molecular complexity index is 1270. The van der Waals surface area contributed by atoms with Gasteiger partial charge in [0.15, 0.2) is 0 Å². The second-order valence-electron chi connectivity index (χ2n) is 9.46. The van der Waals surface area contributed by atoms with Gasteiger partial charge in [-0.05, 0) is 55.9 Å². The Hall–Kier alpha value is -3.75. The van der Waals surface area contributed by atoms with E-state index in [0.29, 0.717) is 17.4 Å². The standard InChI is InChI=1S/C26H32N6O3/c1-16-5-7-18(8-6-16)24(30-25(34)21-13-14-28-32(21)4)26(35)29-22-11-9-19(15-27-22)20-10-12-23(33)31(3)17(20)2/h9-16,18,24H,5-8H2,1-4H3,(H,30,34)(H,27,29,35)/t16-,18-,24-/m0/s1. The molecule has 1 atom stereocenters.